The molecule has 2 rings (SSSR count). The quantitative estimate of drug-likeness (QED) is 0.316. The monoisotopic (exact) mass is 400 g/mol. The lowest BCUT2D eigenvalue weighted by molar-refractivity contribution is -0.364. The molecular formula is C22H24O7. The molecule has 0 bridgehead atoms. The molecule has 0 N–H and O–H groups in total. The SMILES string of the molecule is [CH2]CCOCC[C](OOC(=O)c1cccc(C)c1)OOC(=O)c1cccc(C)c1. The zero-order valence-corrected chi connectivity index (χ0v) is 16.5. The number of benzene rings is 2. The summed E-state index contributed by atoms with van der Waals surface area (Å²) in [5.41, 5.74) is 2.42. The number of hydrogen-bond donors (Lipinski definition) is 0. The van der Waals surface area contributed by atoms with Crippen molar-refractivity contribution in [3.63, 3.8) is 0 Å². The number of carbonyl (C=O) groups is 2. The fourth-order valence-electron chi connectivity index (χ4n) is 2.27. The Labute approximate surface area is 170 Å². The van der Waals surface area contributed by atoms with Crippen LogP contribution in [0.5, 0.6) is 0 Å². The average Bonchev–Trinajstić information content (AvgIpc) is 2.72. The van der Waals surface area contributed by atoms with E-state index in [1.54, 1.807) is 36.4 Å². The second-order valence-electron chi connectivity index (χ2n) is 6.24. The molecule has 7 heteroatoms. The molecule has 0 amide bonds. The minimum Gasteiger partial charge on any atom is -0.381 e. The van der Waals surface area contributed by atoms with Crippen molar-refractivity contribution in [3.8, 4) is 0 Å². The summed E-state index contributed by atoms with van der Waals surface area (Å²) >= 11 is 0. The third kappa shape index (κ3) is 8.03. The number of ether oxygens (including phenoxy) is 1. The zero-order chi connectivity index (χ0) is 21.1. The van der Waals surface area contributed by atoms with Crippen molar-refractivity contribution in [3.05, 3.63) is 84.0 Å². The fraction of sp³-hybridized carbons (Fsp3) is 0.273. The maximum absolute atomic E-state index is 12.1. The average molecular weight is 400 g/mol. The van der Waals surface area contributed by atoms with Gasteiger partial charge in [0, 0.05) is 13.0 Å². The molecule has 0 aliphatic rings. The minimum absolute atomic E-state index is 0.0855. The summed E-state index contributed by atoms with van der Waals surface area (Å²) in [5, 5.41) is 0. The summed E-state index contributed by atoms with van der Waals surface area (Å²) in [7, 11) is 0. The minimum atomic E-state index is -0.710. The Bertz CT molecular complexity index is 742. The van der Waals surface area contributed by atoms with Crippen LogP contribution in [0.15, 0.2) is 48.5 Å². The maximum atomic E-state index is 12.1. The van der Waals surface area contributed by atoms with Crippen LogP contribution in [0.1, 0.15) is 44.7 Å². The first-order chi connectivity index (χ1) is 14.0. The molecule has 0 saturated heterocycles. The van der Waals surface area contributed by atoms with Gasteiger partial charge in [-0.3, -0.25) is 9.78 Å². The van der Waals surface area contributed by atoms with Gasteiger partial charge >= 0.3 is 18.2 Å². The molecule has 2 radical (unpaired) electrons. The highest BCUT2D eigenvalue weighted by atomic mass is 17.3. The van der Waals surface area contributed by atoms with E-state index in [2.05, 4.69) is 6.92 Å². The van der Waals surface area contributed by atoms with Crippen LogP contribution in [-0.4, -0.2) is 25.2 Å². The summed E-state index contributed by atoms with van der Waals surface area (Å²) in [6.45, 7) is 8.02. The number of aryl methyl sites for hydroxylation is 2. The molecule has 0 fully saturated rings. The molecule has 0 spiro atoms. The van der Waals surface area contributed by atoms with E-state index in [0.717, 1.165) is 11.1 Å². The zero-order valence-electron chi connectivity index (χ0n) is 16.5. The van der Waals surface area contributed by atoms with Gasteiger partial charge in [0.2, 0.25) is 0 Å². The Morgan fingerprint density at radius 3 is 1.76 bits per heavy atom. The first-order valence-electron chi connectivity index (χ1n) is 9.13. The fourth-order valence-corrected chi connectivity index (χ4v) is 2.27. The predicted molar refractivity (Wildman–Crippen MR) is 104 cm³/mol. The Morgan fingerprint density at radius 2 is 1.31 bits per heavy atom. The van der Waals surface area contributed by atoms with Crippen LogP contribution < -0.4 is 0 Å². The number of rotatable bonds is 11. The first kappa shape index (κ1) is 22.5. The molecular weight excluding hydrogens is 376 g/mol. The van der Waals surface area contributed by atoms with Gasteiger partial charge in [0.05, 0.1) is 17.7 Å². The van der Waals surface area contributed by atoms with E-state index in [9.17, 15) is 9.59 Å². The highest BCUT2D eigenvalue weighted by Crippen LogP contribution is 2.16. The van der Waals surface area contributed by atoms with Gasteiger partial charge in [0.1, 0.15) is 0 Å². The number of carbonyl (C=O) groups excluding carboxylic acids is 2. The van der Waals surface area contributed by atoms with Gasteiger partial charge in [-0.1, -0.05) is 42.3 Å². The van der Waals surface area contributed by atoms with Crippen molar-refractivity contribution >= 4 is 11.9 Å². The molecule has 2 aromatic rings. The summed E-state index contributed by atoms with van der Waals surface area (Å²) < 4.78 is 5.30. The van der Waals surface area contributed by atoms with E-state index in [1.807, 2.05) is 26.0 Å². The van der Waals surface area contributed by atoms with Gasteiger partial charge in [-0.2, -0.15) is 0 Å². The number of hydrogen-bond acceptors (Lipinski definition) is 7. The van der Waals surface area contributed by atoms with Crippen LogP contribution in [-0.2, 0) is 24.3 Å². The van der Waals surface area contributed by atoms with E-state index in [1.165, 1.54) is 0 Å². The second kappa shape index (κ2) is 12.0. The van der Waals surface area contributed by atoms with E-state index >= 15 is 0 Å². The van der Waals surface area contributed by atoms with Crippen LogP contribution in [0.2, 0.25) is 0 Å². The second-order valence-corrected chi connectivity index (χ2v) is 6.24. The van der Waals surface area contributed by atoms with E-state index in [-0.39, 0.29) is 19.3 Å². The topological polar surface area (TPSA) is 80.3 Å². The largest absolute Gasteiger partial charge is 0.381 e. The molecule has 2 aromatic carbocycles. The Morgan fingerprint density at radius 1 is 0.793 bits per heavy atom. The lowest BCUT2D eigenvalue weighted by Crippen LogP contribution is -2.17. The summed E-state index contributed by atoms with van der Waals surface area (Å²) in [6, 6.07) is 13.6. The highest BCUT2D eigenvalue weighted by molar-refractivity contribution is 5.89. The molecule has 0 saturated carbocycles. The Kier molecular flexibility index (Phi) is 9.30. The molecule has 154 valence electrons. The van der Waals surface area contributed by atoms with Gasteiger partial charge in [-0.15, -0.1) is 9.78 Å². The van der Waals surface area contributed by atoms with E-state index in [4.69, 9.17) is 24.3 Å². The predicted octanol–water partition coefficient (Wildman–Crippen LogP) is 4.30. The van der Waals surface area contributed by atoms with Gasteiger partial charge in [-0.25, -0.2) is 9.59 Å². The Hall–Kier alpha value is -2.74. The van der Waals surface area contributed by atoms with Crippen LogP contribution in [0.3, 0.4) is 0 Å². The van der Waals surface area contributed by atoms with E-state index < -0.39 is 11.9 Å². The van der Waals surface area contributed by atoms with E-state index in [0.29, 0.717) is 24.2 Å². The van der Waals surface area contributed by atoms with Gasteiger partial charge in [0.25, 0.3) is 0 Å². The first-order valence-corrected chi connectivity index (χ1v) is 9.13. The lowest BCUT2D eigenvalue weighted by atomic mass is 10.1. The smallest absolute Gasteiger partial charge is 0.373 e. The highest BCUT2D eigenvalue weighted by Gasteiger charge is 2.21. The molecule has 0 unspecified atom stereocenters. The summed E-state index contributed by atoms with van der Waals surface area (Å²) in [5.74, 6) is -1.42. The molecule has 0 aliphatic heterocycles. The van der Waals surface area contributed by atoms with Gasteiger partial charge in [-0.05, 0) is 44.5 Å². The normalized spacial score (nSPS) is 10.8. The maximum Gasteiger partial charge on any atom is 0.373 e. The van der Waals surface area contributed by atoms with Crippen LogP contribution in [0, 0.1) is 27.1 Å². The van der Waals surface area contributed by atoms with Crippen molar-refractivity contribution < 1.29 is 33.9 Å². The Balaban J connectivity index is 1.91. The van der Waals surface area contributed by atoms with Crippen molar-refractivity contribution in [2.75, 3.05) is 13.2 Å². The third-order valence-corrected chi connectivity index (χ3v) is 3.67. The third-order valence-electron chi connectivity index (χ3n) is 3.67. The summed E-state index contributed by atoms with van der Waals surface area (Å²) in [6.07, 6.45) is 0.459. The van der Waals surface area contributed by atoms with Crippen LogP contribution in [0.4, 0.5) is 0 Å². The molecule has 29 heavy (non-hydrogen) atoms. The van der Waals surface area contributed by atoms with Crippen LogP contribution in [0.25, 0.3) is 0 Å². The summed E-state index contributed by atoms with van der Waals surface area (Å²) in [4.78, 5) is 43.7. The molecule has 0 aromatic heterocycles. The standard InChI is InChI=1S/C22H24O7/c1-4-12-25-13-11-20(26-28-21(23)18-9-5-7-16(2)14-18)27-29-22(24)19-10-6-8-17(3)15-19/h5-10,14-15H,1,4,11-13H2,2-3H3. The molecule has 7 nitrogen and oxygen atoms in total. The van der Waals surface area contributed by atoms with Crippen molar-refractivity contribution in [2.24, 2.45) is 0 Å². The molecule has 0 atom stereocenters. The molecule has 0 aliphatic carbocycles. The van der Waals surface area contributed by atoms with Crippen molar-refractivity contribution in [2.45, 2.75) is 26.7 Å². The molecule has 0 heterocycles. The van der Waals surface area contributed by atoms with Crippen LogP contribution >= 0.6 is 0 Å². The van der Waals surface area contributed by atoms with Gasteiger partial charge < -0.3 is 4.74 Å². The van der Waals surface area contributed by atoms with Crippen molar-refractivity contribution in [1.82, 2.24) is 0 Å². The van der Waals surface area contributed by atoms with Crippen molar-refractivity contribution in [1.29, 1.82) is 0 Å². The lowest BCUT2D eigenvalue weighted by Gasteiger charge is -2.14. The van der Waals surface area contributed by atoms with Gasteiger partial charge in [0.15, 0.2) is 0 Å².